The quantitative estimate of drug-likeness (QED) is 0.645. The zero-order valence-corrected chi connectivity index (χ0v) is 16.9. The van der Waals surface area contributed by atoms with Crippen LogP contribution < -0.4 is 0 Å². The minimum absolute atomic E-state index is 0.0577. The van der Waals surface area contributed by atoms with E-state index in [4.69, 9.17) is 25.8 Å². The Morgan fingerprint density at radius 2 is 1.56 bits per heavy atom. The Kier molecular flexibility index (Phi) is 5.30. The Bertz CT molecular complexity index is 769. The molecule has 0 unspecified atom stereocenters. The first-order chi connectivity index (χ1) is 12.9. The van der Waals surface area contributed by atoms with E-state index in [2.05, 4.69) is 43.3 Å². The zero-order chi connectivity index (χ0) is 19.0. The largest absolute Gasteiger partial charge is 0.346 e. The van der Waals surface area contributed by atoms with Gasteiger partial charge >= 0.3 is 0 Å². The van der Waals surface area contributed by atoms with Crippen LogP contribution in [0.5, 0.6) is 0 Å². The molecule has 2 aliphatic heterocycles. The lowest BCUT2D eigenvalue weighted by Crippen LogP contribution is -2.30. The van der Waals surface area contributed by atoms with Crippen molar-refractivity contribution >= 4 is 11.6 Å². The summed E-state index contributed by atoms with van der Waals surface area (Å²) in [4.78, 5) is 0. The first-order valence-electron chi connectivity index (χ1n) is 9.81. The summed E-state index contributed by atoms with van der Waals surface area (Å²) in [6.07, 6.45) is 3.05. The number of rotatable bonds is 5. The van der Waals surface area contributed by atoms with Crippen LogP contribution in [0, 0.1) is 5.92 Å². The second-order valence-corrected chi connectivity index (χ2v) is 8.39. The molecular weight excluding hydrogens is 360 g/mol. The first kappa shape index (κ1) is 18.9. The molecule has 4 heteroatoms. The lowest BCUT2D eigenvalue weighted by atomic mass is 9.91. The molecule has 0 N–H and O–H groups in total. The summed E-state index contributed by atoms with van der Waals surface area (Å²) >= 11 is 5.97. The highest BCUT2D eigenvalue weighted by molar-refractivity contribution is 6.30. The third-order valence-corrected chi connectivity index (χ3v) is 5.87. The Morgan fingerprint density at radius 3 is 2.19 bits per heavy atom. The fourth-order valence-corrected chi connectivity index (χ4v) is 4.36. The zero-order valence-electron chi connectivity index (χ0n) is 16.2. The number of aryl methyl sites for hydroxylation is 1. The molecule has 2 heterocycles. The van der Waals surface area contributed by atoms with Crippen molar-refractivity contribution in [2.75, 3.05) is 0 Å². The molecule has 0 aliphatic carbocycles. The molecule has 2 aliphatic rings. The summed E-state index contributed by atoms with van der Waals surface area (Å²) in [6.45, 7) is 6.12. The molecular formula is C23H27ClO3. The molecule has 144 valence electrons. The number of benzene rings is 2. The maximum absolute atomic E-state index is 6.19. The van der Waals surface area contributed by atoms with Crippen molar-refractivity contribution in [2.45, 2.75) is 64.3 Å². The van der Waals surface area contributed by atoms with Crippen LogP contribution in [0.1, 0.15) is 39.2 Å². The number of fused-ring (bicyclic) bond motifs is 1. The summed E-state index contributed by atoms with van der Waals surface area (Å²) in [7, 11) is 0. The Hall–Kier alpha value is -1.39. The van der Waals surface area contributed by atoms with E-state index in [1.165, 1.54) is 16.7 Å². The second-order valence-electron chi connectivity index (χ2n) is 7.96. The molecule has 0 aromatic heterocycles. The Balaban J connectivity index is 1.37. The Morgan fingerprint density at radius 1 is 0.926 bits per heavy atom. The minimum Gasteiger partial charge on any atom is -0.346 e. The second kappa shape index (κ2) is 7.56. The maximum atomic E-state index is 6.19. The summed E-state index contributed by atoms with van der Waals surface area (Å²) in [5.41, 5.74) is 3.71. The van der Waals surface area contributed by atoms with Gasteiger partial charge in [0.1, 0.15) is 6.10 Å². The van der Waals surface area contributed by atoms with Crippen LogP contribution in [0.25, 0.3) is 11.1 Å². The average Bonchev–Trinajstić information content (AvgIpc) is 3.12. The van der Waals surface area contributed by atoms with Gasteiger partial charge in [-0.3, -0.25) is 0 Å². The van der Waals surface area contributed by atoms with E-state index in [9.17, 15) is 0 Å². The molecule has 0 amide bonds. The molecule has 4 atom stereocenters. The van der Waals surface area contributed by atoms with Gasteiger partial charge in [-0.1, -0.05) is 54.9 Å². The predicted molar refractivity (Wildman–Crippen MR) is 108 cm³/mol. The van der Waals surface area contributed by atoms with Gasteiger partial charge in [0, 0.05) is 10.9 Å². The molecule has 2 saturated heterocycles. The van der Waals surface area contributed by atoms with Crippen molar-refractivity contribution in [3.05, 3.63) is 59.1 Å². The van der Waals surface area contributed by atoms with Crippen molar-refractivity contribution in [3.8, 4) is 11.1 Å². The summed E-state index contributed by atoms with van der Waals surface area (Å²) < 4.78 is 18.2. The highest BCUT2D eigenvalue weighted by Crippen LogP contribution is 2.43. The van der Waals surface area contributed by atoms with E-state index in [1.54, 1.807) is 0 Å². The topological polar surface area (TPSA) is 27.7 Å². The SMILES string of the molecule is CC[C@H]1[C@H]2OC(C)(C)O[C@H]2O[C@@H]1CCc1ccc(-c2ccc(Cl)cc2)cc1. The van der Waals surface area contributed by atoms with E-state index in [-0.39, 0.29) is 18.5 Å². The van der Waals surface area contributed by atoms with Crippen LogP contribution in [-0.4, -0.2) is 24.3 Å². The fourth-order valence-electron chi connectivity index (χ4n) is 4.23. The van der Waals surface area contributed by atoms with Crippen LogP contribution in [0.3, 0.4) is 0 Å². The number of hydrogen-bond acceptors (Lipinski definition) is 3. The molecule has 27 heavy (non-hydrogen) atoms. The van der Waals surface area contributed by atoms with Crippen molar-refractivity contribution in [1.82, 2.24) is 0 Å². The highest BCUT2D eigenvalue weighted by atomic mass is 35.5. The molecule has 0 bridgehead atoms. The lowest BCUT2D eigenvalue weighted by molar-refractivity contribution is -0.210. The van der Waals surface area contributed by atoms with Gasteiger partial charge in [0.15, 0.2) is 12.1 Å². The van der Waals surface area contributed by atoms with Gasteiger partial charge in [0.2, 0.25) is 0 Å². The molecule has 4 rings (SSSR count). The van der Waals surface area contributed by atoms with Gasteiger partial charge in [-0.05, 0) is 61.9 Å². The van der Waals surface area contributed by atoms with Gasteiger partial charge in [-0.15, -0.1) is 0 Å². The number of hydrogen-bond donors (Lipinski definition) is 0. The van der Waals surface area contributed by atoms with Gasteiger partial charge < -0.3 is 14.2 Å². The highest BCUT2D eigenvalue weighted by Gasteiger charge is 2.53. The van der Waals surface area contributed by atoms with E-state index in [0.29, 0.717) is 5.92 Å². The van der Waals surface area contributed by atoms with Gasteiger partial charge in [-0.2, -0.15) is 0 Å². The lowest BCUT2D eigenvalue weighted by Gasteiger charge is -2.25. The predicted octanol–water partition coefficient (Wildman–Crippen LogP) is 5.84. The normalized spacial score (nSPS) is 29.0. The molecule has 0 saturated carbocycles. The van der Waals surface area contributed by atoms with Crippen molar-refractivity contribution in [3.63, 3.8) is 0 Å². The summed E-state index contributed by atoms with van der Waals surface area (Å²) in [5, 5.41) is 0.763. The summed E-state index contributed by atoms with van der Waals surface area (Å²) in [5.74, 6) is -0.143. The van der Waals surface area contributed by atoms with E-state index in [0.717, 1.165) is 24.3 Å². The van der Waals surface area contributed by atoms with Crippen LogP contribution in [0.15, 0.2) is 48.5 Å². The molecule has 0 spiro atoms. The standard InChI is InChI=1S/C23H27ClO3/c1-4-19-20(25-22-21(19)26-23(2,3)27-22)14-7-15-5-8-16(9-6-15)17-10-12-18(24)13-11-17/h5-6,8-13,19-22H,4,7,14H2,1-3H3/t19-,20-,21-,22-/m1/s1. The minimum atomic E-state index is -0.536. The van der Waals surface area contributed by atoms with Crippen LogP contribution in [-0.2, 0) is 20.6 Å². The van der Waals surface area contributed by atoms with Crippen molar-refractivity contribution in [1.29, 1.82) is 0 Å². The van der Waals surface area contributed by atoms with E-state index >= 15 is 0 Å². The van der Waals surface area contributed by atoms with Crippen LogP contribution in [0.2, 0.25) is 5.02 Å². The number of halogens is 1. The van der Waals surface area contributed by atoms with Gasteiger partial charge in [0.05, 0.1) is 6.10 Å². The molecule has 0 radical (unpaired) electrons. The van der Waals surface area contributed by atoms with Crippen LogP contribution >= 0.6 is 11.6 Å². The maximum Gasteiger partial charge on any atom is 0.187 e. The molecule has 2 aromatic carbocycles. The fraction of sp³-hybridized carbons (Fsp3) is 0.478. The first-order valence-corrected chi connectivity index (χ1v) is 10.2. The summed E-state index contributed by atoms with van der Waals surface area (Å²) in [6, 6.07) is 16.7. The molecule has 2 fully saturated rings. The smallest absolute Gasteiger partial charge is 0.187 e. The monoisotopic (exact) mass is 386 g/mol. The van der Waals surface area contributed by atoms with Crippen LogP contribution in [0.4, 0.5) is 0 Å². The molecule has 2 aromatic rings. The van der Waals surface area contributed by atoms with Gasteiger partial charge in [0.25, 0.3) is 0 Å². The van der Waals surface area contributed by atoms with Gasteiger partial charge in [-0.25, -0.2) is 0 Å². The van der Waals surface area contributed by atoms with Crippen molar-refractivity contribution in [2.24, 2.45) is 5.92 Å². The third kappa shape index (κ3) is 4.07. The third-order valence-electron chi connectivity index (χ3n) is 5.62. The number of ether oxygens (including phenoxy) is 3. The van der Waals surface area contributed by atoms with E-state index < -0.39 is 5.79 Å². The van der Waals surface area contributed by atoms with E-state index in [1.807, 2.05) is 26.0 Å². The Labute approximate surface area is 166 Å². The van der Waals surface area contributed by atoms with Crippen molar-refractivity contribution < 1.29 is 14.2 Å². The average molecular weight is 387 g/mol. The molecule has 3 nitrogen and oxygen atoms in total.